The topological polar surface area (TPSA) is 77.8 Å². The van der Waals surface area contributed by atoms with Crippen molar-refractivity contribution in [1.82, 2.24) is 19.9 Å². The molecule has 0 atom stereocenters. The highest BCUT2D eigenvalue weighted by Crippen LogP contribution is 2.40. The van der Waals surface area contributed by atoms with Crippen LogP contribution in [0, 0.1) is 0 Å². The van der Waals surface area contributed by atoms with Crippen molar-refractivity contribution in [2.24, 2.45) is 0 Å². The molecular weight excluding hydrogens is 713 g/mol. The minimum Gasteiger partial charge on any atom is -0.455 e. The number of hydrogen-bond acceptors (Lipinski definition) is 6. The summed E-state index contributed by atoms with van der Waals surface area (Å²) in [4.78, 5) is 20.2. The number of aromatic nitrogens is 4. The van der Waals surface area contributed by atoms with Gasteiger partial charge in [0, 0.05) is 49.4 Å². The molecule has 0 amide bonds. The number of oxazole rings is 1. The van der Waals surface area contributed by atoms with Gasteiger partial charge in [-0.25, -0.2) is 19.9 Å². The molecule has 0 fully saturated rings. The second kappa shape index (κ2) is 12.8. The van der Waals surface area contributed by atoms with Crippen molar-refractivity contribution in [2.45, 2.75) is 0 Å². The van der Waals surface area contributed by atoms with Gasteiger partial charge in [0.2, 0.25) is 5.89 Å². The molecule has 0 bridgehead atoms. The summed E-state index contributed by atoms with van der Waals surface area (Å²) < 4.78 is 13.0. The molecule has 0 radical (unpaired) electrons. The van der Waals surface area contributed by atoms with Crippen molar-refractivity contribution >= 4 is 65.4 Å². The highest BCUT2D eigenvalue weighted by Gasteiger charge is 2.18. The fraction of sp³-hybridized carbons (Fsp3) is 0. The summed E-state index contributed by atoms with van der Waals surface area (Å²) in [6.45, 7) is 0. The fourth-order valence-corrected chi connectivity index (χ4v) is 8.34. The number of fused-ring (bicyclic) bond motifs is 10. The summed E-state index contributed by atoms with van der Waals surface area (Å²) in [5.41, 5.74) is 9.03. The van der Waals surface area contributed by atoms with E-state index in [1.807, 2.05) is 84.9 Å². The van der Waals surface area contributed by atoms with E-state index in [0.29, 0.717) is 23.4 Å². The van der Waals surface area contributed by atoms with Crippen molar-refractivity contribution < 1.29 is 8.83 Å². The van der Waals surface area contributed by atoms with Gasteiger partial charge in [-0.1, -0.05) is 146 Å². The van der Waals surface area contributed by atoms with Crippen LogP contribution in [-0.4, -0.2) is 19.9 Å². The Kier molecular flexibility index (Phi) is 7.13. The molecule has 0 unspecified atom stereocenters. The van der Waals surface area contributed by atoms with Crippen molar-refractivity contribution in [3.05, 3.63) is 182 Å². The Labute approximate surface area is 331 Å². The maximum atomic E-state index is 6.56. The Morgan fingerprint density at radius 1 is 0.328 bits per heavy atom. The van der Waals surface area contributed by atoms with Crippen LogP contribution in [0.1, 0.15) is 0 Å². The molecule has 3 heterocycles. The Hall–Kier alpha value is -7.96. The molecule has 58 heavy (non-hydrogen) atoms. The first-order valence-electron chi connectivity index (χ1n) is 19.3. The molecule has 6 nitrogen and oxygen atoms in total. The molecule has 0 saturated carbocycles. The quantitative estimate of drug-likeness (QED) is 0.163. The second-order valence-electron chi connectivity index (χ2n) is 14.6. The van der Waals surface area contributed by atoms with E-state index in [2.05, 4.69) is 97.1 Å². The Morgan fingerprint density at radius 3 is 1.74 bits per heavy atom. The largest absolute Gasteiger partial charge is 0.455 e. The van der Waals surface area contributed by atoms with E-state index in [0.717, 1.165) is 98.7 Å². The van der Waals surface area contributed by atoms with Crippen LogP contribution in [-0.2, 0) is 0 Å². The smallest absolute Gasteiger partial charge is 0.227 e. The molecule has 12 aromatic rings. The third kappa shape index (κ3) is 5.20. The second-order valence-corrected chi connectivity index (χ2v) is 14.6. The predicted molar refractivity (Wildman–Crippen MR) is 234 cm³/mol. The van der Waals surface area contributed by atoms with Gasteiger partial charge in [0.05, 0.1) is 0 Å². The van der Waals surface area contributed by atoms with Gasteiger partial charge in [0.1, 0.15) is 16.7 Å². The Bertz CT molecular complexity index is 3570. The van der Waals surface area contributed by atoms with Crippen LogP contribution < -0.4 is 0 Å². The highest BCUT2D eigenvalue weighted by atomic mass is 16.3. The van der Waals surface area contributed by atoms with Crippen LogP contribution >= 0.6 is 0 Å². The van der Waals surface area contributed by atoms with E-state index in [4.69, 9.17) is 28.8 Å². The number of furan rings is 1. The van der Waals surface area contributed by atoms with E-state index in [1.54, 1.807) is 0 Å². The van der Waals surface area contributed by atoms with Crippen LogP contribution in [0.2, 0.25) is 0 Å². The molecule has 0 spiro atoms. The maximum absolute atomic E-state index is 6.56. The van der Waals surface area contributed by atoms with Gasteiger partial charge < -0.3 is 8.83 Å². The van der Waals surface area contributed by atoms with E-state index in [1.165, 1.54) is 0 Å². The molecule has 0 N–H and O–H groups in total. The lowest BCUT2D eigenvalue weighted by atomic mass is 9.95. The lowest BCUT2D eigenvalue weighted by Gasteiger charge is -2.12. The molecule has 0 saturated heterocycles. The summed E-state index contributed by atoms with van der Waals surface area (Å²) >= 11 is 0. The lowest BCUT2D eigenvalue weighted by Crippen LogP contribution is -2.00. The van der Waals surface area contributed by atoms with Gasteiger partial charge in [0.15, 0.2) is 23.1 Å². The zero-order chi connectivity index (χ0) is 38.2. The number of benzene rings is 9. The van der Waals surface area contributed by atoms with E-state index in [-0.39, 0.29) is 0 Å². The molecule has 0 aliphatic heterocycles. The third-order valence-electron chi connectivity index (χ3n) is 11.1. The Morgan fingerprint density at radius 2 is 0.931 bits per heavy atom. The summed E-state index contributed by atoms with van der Waals surface area (Å²) in [7, 11) is 0. The summed E-state index contributed by atoms with van der Waals surface area (Å²) in [6, 6.07) is 62.3. The Balaban J connectivity index is 1.02. The van der Waals surface area contributed by atoms with Gasteiger partial charge in [-0.05, 0) is 63.5 Å². The molecule has 9 aromatic carbocycles. The minimum atomic E-state index is 0.592. The van der Waals surface area contributed by atoms with Gasteiger partial charge in [0.25, 0.3) is 0 Å². The summed E-state index contributed by atoms with van der Waals surface area (Å²) in [6.07, 6.45) is 0. The van der Waals surface area contributed by atoms with Crippen molar-refractivity contribution in [3.8, 4) is 56.7 Å². The zero-order valence-corrected chi connectivity index (χ0v) is 30.9. The first-order valence-corrected chi connectivity index (χ1v) is 19.3. The van der Waals surface area contributed by atoms with Gasteiger partial charge in [-0.15, -0.1) is 0 Å². The van der Waals surface area contributed by atoms with Gasteiger partial charge in [-0.2, -0.15) is 0 Å². The first-order chi connectivity index (χ1) is 28.7. The van der Waals surface area contributed by atoms with Crippen LogP contribution in [0.3, 0.4) is 0 Å². The average Bonchev–Trinajstić information content (AvgIpc) is 3.91. The van der Waals surface area contributed by atoms with Crippen LogP contribution in [0.25, 0.3) is 122 Å². The van der Waals surface area contributed by atoms with E-state index >= 15 is 0 Å². The van der Waals surface area contributed by atoms with Crippen LogP contribution in [0.4, 0.5) is 0 Å². The predicted octanol–water partition coefficient (Wildman–Crippen LogP) is 13.7. The summed E-state index contributed by atoms with van der Waals surface area (Å²) in [5.74, 6) is 2.41. The zero-order valence-electron chi connectivity index (χ0n) is 30.9. The van der Waals surface area contributed by atoms with Crippen molar-refractivity contribution in [2.75, 3.05) is 0 Å². The highest BCUT2D eigenvalue weighted by molar-refractivity contribution is 6.26. The number of rotatable bonds is 5. The number of para-hydroxylation sites is 2. The molecular formula is C52H30N4O2. The van der Waals surface area contributed by atoms with E-state index < -0.39 is 0 Å². The molecule has 3 aromatic heterocycles. The molecule has 6 heteroatoms. The fourth-order valence-electron chi connectivity index (χ4n) is 8.34. The van der Waals surface area contributed by atoms with Crippen LogP contribution in [0.5, 0.6) is 0 Å². The van der Waals surface area contributed by atoms with Crippen molar-refractivity contribution in [1.29, 1.82) is 0 Å². The van der Waals surface area contributed by atoms with Gasteiger partial charge in [-0.3, -0.25) is 0 Å². The SMILES string of the molecule is c1ccc(-c2nc(-c3cccc(-c4cccc5c4oc4ccccc45)c3)nc(-c3ccc4c(ccc5ccc6ccc7nc(-c8ccccc8)oc7c6c54)c3)n2)cc1. The maximum Gasteiger partial charge on any atom is 0.227 e. The normalized spacial score (nSPS) is 11.8. The number of hydrogen-bond donors (Lipinski definition) is 0. The van der Waals surface area contributed by atoms with Gasteiger partial charge >= 0.3 is 0 Å². The minimum absolute atomic E-state index is 0.592. The molecule has 0 aliphatic rings. The third-order valence-corrected chi connectivity index (χ3v) is 11.1. The first kappa shape index (κ1) is 32.3. The molecule has 12 rings (SSSR count). The standard InChI is InChI=1S/C52H30N4O2/c1-3-11-33(12-4-1)49-54-50(37-16-9-15-35(29-37)40-18-10-19-42-41-17-7-8-20-44(41)57-47(40)42)56-51(55-49)38-25-27-39-36(30-38)24-23-31-21-22-32-26-28-43-48(46(32)45(31)39)58-52(53-43)34-13-5-2-6-14-34/h1-30H. The lowest BCUT2D eigenvalue weighted by molar-refractivity contribution is 0.623. The average molecular weight is 743 g/mol. The molecule has 270 valence electrons. The van der Waals surface area contributed by atoms with Crippen LogP contribution in [0.15, 0.2) is 191 Å². The summed E-state index contributed by atoms with van der Waals surface area (Å²) in [5, 5.41) is 8.78. The monoisotopic (exact) mass is 742 g/mol. The molecule has 0 aliphatic carbocycles. The number of nitrogens with zero attached hydrogens (tertiary/aromatic N) is 4. The van der Waals surface area contributed by atoms with Crippen molar-refractivity contribution in [3.63, 3.8) is 0 Å². The van der Waals surface area contributed by atoms with E-state index in [9.17, 15) is 0 Å².